The molecule has 1 unspecified atom stereocenters. The summed E-state index contributed by atoms with van der Waals surface area (Å²) in [6.07, 6.45) is 0.253. The van der Waals surface area contributed by atoms with Crippen LogP contribution in [0.2, 0.25) is 0 Å². The Morgan fingerprint density at radius 2 is 2.17 bits per heavy atom. The Kier molecular flexibility index (Phi) is 4.64. The van der Waals surface area contributed by atoms with Gasteiger partial charge in [-0.1, -0.05) is 30.3 Å². The van der Waals surface area contributed by atoms with Gasteiger partial charge in [-0.05, 0) is 5.56 Å². The summed E-state index contributed by atoms with van der Waals surface area (Å²) in [5, 5.41) is 5.36. The lowest BCUT2D eigenvalue weighted by Gasteiger charge is -2.20. The van der Waals surface area contributed by atoms with E-state index < -0.39 is 0 Å². The summed E-state index contributed by atoms with van der Waals surface area (Å²) in [6.45, 7) is 1.21. The summed E-state index contributed by atoms with van der Waals surface area (Å²) in [4.78, 5) is 23.2. The van der Waals surface area contributed by atoms with E-state index in [0.717, 1.165) is 11.3 Å². The van der Waals surface area contributed by atoms with Gasteiger partial charge in [0.15, 0.2) is 0 Å². The van der Waals surface area contributed by atoms with Crippen LogP contribution in [0.4, 0.5) is 0 Å². The van der Waals surface area contributed by atoms with E-state index in [1.807, 2.05) is 30.3 Å². The van der Waals surface area contributed by atoms with Gasteiger partial charge >= 0.3 is 0 Å². The molecule has 0 bridgehead atoms. The van der Waals surface area contributed by atoms with Crippen LogP contribution in [0.5, 0.6) is 0 Å². The molecule has 96 valence electrons. The van der Waals surface area contributed by atoms with Crippen molar-refractivity contribution in [2.45, 2.75) is 18.2 Å². The molecule has 0 aliphatic carbocycles. The van der Waals surface area contributed by atoms with Crippen LogP contribution in [0.1, 0.15) is 12.0 Å². The fraction of sp³-hybridized carbons (Fsp3) is 0.385. The van der Waals surface area contributed by atoms with Crippen LogP contribution in [0.3, 0.4) is 0 Å². The molecule has 2 N–H and O–H groups in total. The van der Waals surface area contributed by atoms with Crippen LogP contribution < -0.4 is 10.6 Å². The SMILES string of the molecule is O=C(CC1SCCNC1=O)NCc1ccccc1. The second-order valence-electron chi connectivity index (χ2n) is 4.12. The Labute approximate surface area is 111 Å². The minimum Gasteiger partial charge on any atom is -0.354 e. The Morgan fingerprint density at radius 1 is 1.39 bits per heavy atom. The first-order valence-electron chi connectivity index (χ1n) is 5.95. The Hall–Kier alpha value is -1.49. The predicted molar refractivity (Wildman–Crippen MR) is 72.2 cm³/mol. The predicted octanol–water partition coefficient (Wildman–Crippen LogP) is 0.924. The number of carbonyl (C=O) groups is 2. The highest BCUT2D eigenvalue weighted by atomic mass is 32.2. The summed E-state index contributed by atoms with van der Waals surface area (Å²) < 4.78 is 0. The number of hydrogen-bond donors (Lipinski definition) is 2. The van der Waals surface area contributed by atoms with Gasteiger partial charge in [-0.15, -0.1) is 11.8 Å². The topological polar surface area (TPSA) is 58.2 Å². The summed E-state index contributed by atoms with van der Waals surface area (Å²) in [6, 6.07) is 9.73. The van der Waals surface area contributed by atoms with Crippen molar-refractivity contribution >= 4 is 23.6 Å². The molecule has 0 saturated carbocycles. The second-order valence-corrected chi connectivity index (χ2v) is 5.43. The summed E-state index contributed by atoms with van der Waals surface area (Å²) >= 11 is 1.55. The number of thioether (sulfide) groups is 1. The molecule has 1 heterocycles. The first-order valence-corrected chi connectivity index (χ1v) is 7.00. The molecule has 18 heavy (non-hydrogen) atoms. The molecule has 1 aliphatic heterocycles. The van der Waals surface area contributed by atoms with Gasteiger partial charge in [0.1, 0.15) is 0 Å². The standard InChI is InChI=1S/C13H16N2O2S/c16-12(8-11-13(17)14-6-7-18-11)15-9-10-4-2-1-3-5-10/h1-5,11H,6-9H2,(H,14,17)(H,15,16). The lowest BCUT2D eigenvalue weighted by Crippen LogP contribution is -2.41. The van der Waals surface area contributed by atoms with Gasteiger partial charge in [0.2, 0.25) is 11.8 Å². The van der Waals surface area contributed by atoms with E-state index in [4.69, 9.17) is 0 Å². The molecule has 2 amide bonds. The van der Waals surface area contributed by atoms with Crippen LogP contribution in [0.25, 0.3) is 0 Å². The Morgan fingerprint density at radius 3 is 2.89 bits per heavy atom. The molecule has 2 rings (SSSR count). The largest absolute Gasteiger partial charge is 0.354 e. The first-order chi connectivity index (χ1) is 8.75. The van der Waals surface area contributed by atoms with Crippen LogP contribution in [0, 0.1) is 0 Å². The molecule has 1 fully saturated rings. The molecule has 1 aromatic rings. The van der Waals surface area contributed by atoms with Gasteiger partial charge in [-0.3, -0.25) is 9.59 Å². The van der Waals surface area contributed by atoms with Crippen molar-refractivity contribution in [1.82, 2.24) is 10.6 Å². The average molecular weight is 264 g/mol. The number of nitrogens with one attached hydrogen (secondary N) is 2. The monoisotopic (exact) mass is 264 g/mol. The molecular weight excluding hydrogens is 248 g/mol. The quantitative estimate of drug-likeness (QED) is 0.850. The molecule has 0 radical (unpaired) electrons. The molecule has 4 nitrogen and oxygen atoms in total. The van der Waals surface area contributed by atoms with Crippen molar-refractivity contribution in [2.24, 2.45) is 0 Å². The third kappa shape index (κ3) is 3.77. The van der Waals surface area contributed by atoms with Crippen LogP contribution >= 0.6 is 11.8 Å². The maximum Gasteiger partial charge on any atom is 0.233 e. The lowest BCUT2D eigenvalue weighted by molar-refractivity contribution is -0.126. The highest BCUT2D eigenvalue weighted by Crippen LogP contribution is 2.17. The first kappa shape index (κ1) is 13.0. The highest BCUT2D eigenvalue weighted by molar-refractivity contribution is 8.00. The van der Waals surface area contributed by atoms with Crippen molar-refractivity contribution in [2.75, 3.05) is 12.3 Å². The minimum absolute atomic E-state index is 0.0267. The van der Waals surface area contributed by atoms with Gasteiger partial charge in [-0.25, -0.2) is 0 Å². The average Bonchev–Trinajstić information content (AvgIpc) is 2.40. The number of amides is 2. The molecule has 1 saturated heterocycles. The van der Waals surface area contributed by atoms with Gasteiger partial charge in [0, 0.05) is 25.3 Å². The normalized spacial score (nSPS) is 19.1. The zero-order chi connectivity index (χ0) is 12.8. The fourth-order valence-corrected chi connectivity index (χ4v) is 2.76. The minimum atomic E-state index is -0.241. The lowest BCUT2D eigenvalue weighted by atomic mass is 10.2. The van der Waals surface area contributed by atoms with Crippen LogP contribution in [0.15, 0.2) is 30.3 Å². The second kappa shape index (κ2) is 6.44. The van der Waals surface area contributed by atoms with E-state index in [1.54, 1.807) is 11.8 Å². The Bertz CT molecular complexity index is 422. The molecule has 5 heteroatoms. The summed E-state index contributed by atoms with van der Waals surface area (Å²) in [5.41, 5.74) is 1.06. The number of hydrogen-bond acceptors (Lipinski definition) is 3. The third-order valence-corrected chi connectivity index (χ3v) is 3.94. The van der Waals surface area contributed by atoms with Crippen molar-refractivity contribution < 1.29 is 9.59 Å². The summed E-state index contributed by atoms with van der Waals surface area (Å²) in [7, 11) is 0. The number of carbonyl (C=O) groups excluding carboxylic acids is 2. The van der Waals surface area contributed by atoms with E-state index in [9.17, 15) is 9.59 Å². The van der Waals surface area contributed by atoms with Crippen molar-refractivity contribution in [3.63, 3.8) is 0 Å². The molecular formula is C13H16N2O2S. The van der Waals surface area contributed by atoms with E-state index in [0.29, 0.717) is 13.1 Å². The maximum atomic E-state index is 11.7. The molecule has 1 aliphatic rings. The van der Waals surface area contributed by atoms with Gasteiger partial charge in [0.25, 0.3) is 0 Å². The number of benzene rings is 1. The van der Waals surface area contributed by atoms with E-state index in [-0.39, 0.29) is 23.5 Å². The zero-order valence-corrected chi connectivity index (χ0v) is 10.8. The molecule has 0 aromatic heterocycles. The molecule has 0 spiro atoms. The smallest absolute Gasteiger partial charge is 0.233 e. The molecule has 1 atom stereocenters. The van der Waals surface area contributed by atoms with Crippen LogP contribution in [-0.2, 0) is 16.1 Å². The van der Waals surface area contributed by atoms with E-state index >= 15 is 0 Å². The fourth-order valence-electron chi connectivity index (χ4n) is 1.75. The molecule has 1 aromatic carbocycles. The van der Waals surface area contributed by atoms with E-state index in [1.165, 1.54) is 0 Å². The van der Waals surface area contributed by atoms with Gasteiger partial charge in [0.05, 0.1) is 5.25 Å². The Balaban J connectivity index is 1.76. The van der Waals surface area contributed by atoms with E-state index in [2.05, 4.69) is 10.6 Å². The van der Waals surface area contributed by atoms with Crippen molar-refractivity contribution in [3.8, 4) is 0 Å². The van der Waals surface area contributed by atoms with Crippen molar-refractivity contribution in [1.29, 1.82) is 0 Å². The number of rotatable bonds is 4. The maximum absolute atomic E-state index is 11.7. The van der Waals surface area contributed by atoms with Gasteiger partial charge in [-0.2, -0.15) is 0 Å². The van der Waals surface area contributed by atoms with Crippen LogP contribution in [-0.4, -0.2) is 29.4 Å². The van der Waals surface area contributed by atoms with Crippen molar-refractivity contribution in [3.05, 3.63) is 35.9 Å². The van der Waals surface area contributed by atoms with Gasteiger partial charge < -0.3 is 10.6 Å². The third-order valence-electron chi connectivity index (χ3n) is 2.72. The highest BCUT2D eigenvalue weighted by Gasteiger charge is 2.24. The summed E-state index contributed by atoms with van der Waals surface area (Å²) in [5.74, 6) is 0.775. The zero-order valence-electron chi connectivity index (χ0n) is 10.0.